The molecule has 0 radical (unpaired) electrons. The number of hydrogen-bond acceptors (Lipinski definition) is 5. The van der Waals surface area contributed by atoms with Gasteiger partial charge in [-0.3, -0.25) is 4.79 Å². The molecule has 2 saturated heterocycles. The summed E-state index contributed by atoms with van der Waals surface area (Å²) in [6.07, 6.45) is 4.14. The molecule has 2 aromatic rings. The third-order valence-corrected chi connectivity index (χ3v) is 6.63. The Hall–Kier alpha value is -3.00. The standard InChI is InChI=1S/C23H27N5O3/c1-26-12-13-28(22(26)30)16-19(29)27-10-8-23(9-11-27)20-18(7-14-31-23)15-24-21(25-20)17-5-3-2-4-6-17/h2-6,15H,7-14,16H2,1H3. The zero-order valence-corrected chi connectivity index (χ0v) is 17.8. The van der Waals surface area contributed by atoms with Gasteiger partial charge in [0.05, 0.1) is 12.3 Å². The molecular weight excluding hydrogens is 394 g/mol. The van der Waals surface area contributed by atoms with Gasteiger partial charge in [0.2, 0.25) is 5.91 Å². The average Bonchev–Trinajstić information content (AvgIpc) is 3.12. The largest absolute Gasteiger partial charge is 0.368 e. The van der Waals surface area contributed by atoms with Gasteiger partial charge in [0.25, 0.3) is 0 Å². The molecule has 0 bridgehead atoms. The summed E-state index contributed by atoms with van der Waals surface area (Å²) in [6, 6.07) is 9.89. The molecule has 1 spiro atoms. The molecule has 4 heterocycles. The van der Waals surface area contributed by atoms with E-state index in [0.29, 0.717) is 51.5 Å². The van der Waals surface area contributed by atoms with Gasteiger partial charge in [-0.25, -0.2) is 14.8 Å². The van der Waals surface area contributed by atoms with Crippen LogP contribution in [0.1, 0.15) is 24.1 Å². The van der Waals surface area contributed by atoms with Gasteiger partial charge in [0.15, 0.2) is 5.82 Å². The predicted molar refractivity (Wildman–Crippen MR) is 114 cm³/mol. The van der Waals surface area contributed by atoms with E-state index < -0.39 is 5.60 Å². The van der Waals surface area contributed by atoms with Gasteiger partial charge in [0, 0.05) is 45.0 Å². The molecule has 8 heteroatoms. The number of carbonyl (C=O) groups excluding carboxylic acids is 2. The maximum Gasteiger partial charge on any atom is 0.320 e. The molecule has 0 saturated carbocycles. The molecular formula is C23H27N5O3. The Morgan fingerprint density at radius 3 is 2.61 bits per heavy atom. The van der Waals surface area contributed by atoms with Crippen LogP contribution in [-0.2, 0) is 21.6 Å². The van der Waals surface area contributed by atoms with Gasteiger partial charge in [-0.15, -0.1) is 0 Å². The lowest BCUT2D eigenvalue weighted by atomic mass is 9.83. The number of benzene rings is 1. The molecule has 3 aliphatic heterocycles. The second-order valence-corrected chi connectivity index (χ2v) is 8.53. The Morgan fingerprint density at radius 1 is 1.13 bits per heavy atom. The summed E-state index contributed by atoms with van der Waals surface area (Å²) >= 11 is 0. The van der Waals surface area contributed by atoms with Crippen LogP contribution in [0, 0.1) is 0 Å². The van der Waals surface area contributed by atoms with E-state index in [1.165, 1.54) is 0 Å². The smallest absolute Gasteiger partial charge is 0.320 e. The van der Waals surface area contributed by atoms with Crippen LogP contribution >= 0.6 is 0 Å². The first-order valence-electron chi connectivity index (χ1n) is 10.9. The summed E-state index contributed by atoms with van der Waals surface area (Å²) < 4.78 is 6.32. The van der Waals surface area contributed by atoms with Crippen molar-refractivity contribution in [1.29, 1.82) is 0 Å². The summed E-state index contributed by atoms with van der Waals surface area (Å²) in [4.78, 5) is 39.5. The van der Waals surface area contributed by atoms with Crippen LogP contribution in [0.5, 0.6) is 0 Å². The Morgan fingerprint density at radius 2 is 1.90 bits per heavy atom. The Labute approximate surface area is 181 Å². The summed E-state index contributed by atoms with van der Waals surface area (Å²) in [7, 11) is 1.76. The van der Waals surface area contributed by atoms with E-state index in [9.17, 15) is 9.59 Å². The van der Waals surface area contributed by atoms with E-state index in [4.69, 9.17) is 9.72 Å². The molecule has 1 aromatic carbocycles. The zero-order chi connectivity index (χ0) is 21.4. The molecule has 0 unspecified atom stereocenters. The van der Waals surface area contributed by atoms with Gasteiger partial charge in [-0.2, -0.15) is 0 Å². The van der Waals surface area contributed by atoms with Crippen LogP contribution in [0.25, 0.3) is 11.4 Å². The third kappa shape index (κ3) is 3.65. The summed E-state index contributed by atoms with van der Waals surface area (Å²) in [5.41, 5.74) is 2.62. The molecule has 2 fully saturated rings. The van der Waals surface area contributed by atoms with Crippen LogP contribution in [0.15, 0.2) is 36.5 Å². The molecule has 0 N–H and O–H groups in total. The van der Waals surface area contributed by atoms with Crippen molar-refractivity contribution < 1.29 is 14.3 Å². The van der Waals surface area contributed by atoms with E-state index >= 15 is 0 Å². The number of likely N-dealkylation sites (N-methyl/N-ethyl adjacent to an activating group) is 1. The molecule has 31 heavy (non-hydrogen) atoms. The maximum atomic E-state index is 12.8. The fourth-order valence-electron chi connectivity index (χ4n) is 4.75. The minimum absolute atomic E-state index is 0.00203. The second kappa shape index (κ2) is 7.92. The number of nitrogens with zero attached hydrogens (tertiary/aromatic N) is 5. The van der Waals surface area contributed by atoms with Crippen LogP contribution < -0.4 is 0 Å². The number of rotatable bonds is 3. The predicted octanol–water partition coefficient (Wildman–Crippen LogP) is 1.90. The fraction of sp³-hybridized carbons (Fsp3) is 0.478. The SMILES string of the molecule is CN1CCN(CC(=O)N2CCC3(CC2)OCCc2cnc(-c4ccccc4)nc23)C1=O. The highest BCUT2D eigenvalue weighted by atomic mass is 16.5. The van der Waals surface area contributed by atoms with Gasteiger partial charge in [-0.05, 0) is 24.8 Å². The van der Waals surface area contributed by atoms with Crippen molar-refractivity contribution in [2.24, 2.45) is 0 Å². The zero-order valence-electron chi connectivity index (χ0n) is 17.8. The molecule has 8 nitrogen and oxygen atoms in total. The molecule has 1 aromatic heterocycles. The summed E-state index contributed by atoms with van der Waals surface area (Å²) in [5, 5.41) is 0. The lowest BCUT2D eigenvalue weighted by Gasteiger charge is -2.44. The number of carbonyl (C=O) groups is 2. The number of likely N-dealkylation sites (tertiary alicyclic amines) is 1. The first-order valence-corrected chi connectivity index (χ1v) is 10.9. The molecule has 0 aliphatic carbocycles. The average molecular weight is 422 g/mol. The highest BCUT2D eigenvalue weighted by molar-refractivity contribution is 5.85. The van der Waals surface area contributed by atoms with Gasteiger partial charge >= 0.3 is 6.03 Å². The summed E-state index contributed by atoms with van der Waals surface area (Å²) in [6.45, 7) is 3.26. The normalized spacial score (nSPS) is 20.3. The van der Waals surface area contributed by atoms with E-state index in [2.05, 4.69) is 4.98 Å². The van der Waals surface area contributed by atoms with Crippen LogP contribution in [0.3, 0.4) is 0 Å². The lowest BCUT2D eigenvalue weighted by Crippen LogP contribution is -2.51. The van der Waals surface area contributed by atoms with E-state index in [1.807, 2.05) is 41.4 Å². The summed E-state index contributed by atoms with van der Waals surface area (Å²) in [5.74, 6) is 0.710. The van der Waals surface area contributed by atoms with Crippen molar-refractivity contribution in [2.45, 2.75) is 24.9 Å². The highest BCUT2D eigenvalue weighted by Gasteiger charge is 2.43. The van der Waals surface area contributed by atoms with E-state index in [0.717, 1.165) is 23.2 Å². The second-order valence-electron chi connectivity index (χ2n) is 8.53. The van der Waals surface area contributed by atoms with Crippen molar-refractivity contribution in [2.75, 3.05) is 46.4 Å². The van der Waals surface area contributed by atoms with Gasteiger partial charge < -0.3 is 19.4 Å². The number of piperidine rings is 1. The van der Waals surface area contributed by atoms with Crippen molar-refractivity contribution in [3.05, 3.63) is 47.8 Å². The Kier molecular flexibility index (Phi) is 5.09. The molecule has 0 atom stereocenters. The first kappa shape index (κ1) is 19.9. The number of urea groups is 1. The molecule has 162 valence electrons. The minimum Gasteiger partial charge on any atom is -0.368 e. The molecule has 5 rings (SSSR count). The quantitative estimate of drug-likeness (QED) is 0.756. The number of ether oxygens (including phenoxy) is 1. The van der Waals surface area contributed by atoms with Crippen LogP contribution in [0.4, 0.5) is 4.79 Å². The van der Waals surface area contributed by atoms with Crippen molar-refractivity contribution in [3.63, 3.8) is 0 Å². The highest BCUT2D eigenvalue weighted by Crippen LogP contribution is 2.41. The van der Waals surface area contributed by atoms with E-state index in [1.54, 1.807) is 16.8 Å². The number of hydrogen-bond donors (Lipinski definition) is 0. The van der Waals surface area contributed by atoms with Gasteiger partial charge in [-0.1, -0.05) is 30.3 Å². The number of fused-ring (bicyclic) bond motifs is 2. The maximum absolute atomic E-state index is 12.8. The third-order valence-electron chi connectivity index (χ3n) is 6.63. The van der Waals surface area contributed by atoms with Crippen LogP contribution in [0.2, 0.25) is 0 Å². The fourth-order valence-corrected chi connectivity index (χ4v) is 4.75. The lowest BCUT2D eigenvalue weighted by molar-refractivity contribution is -0.141. The minimum atomic E-state index is -0.472. The van der Waals surface area contributed by atoms with Crippen molar-refractivity contribution in [1.82, 2.24) is 24.7 Å². The van der Waals surface area contributed by atoms with Gasteiger partial charge in [0.1, 0.15) is 12.1 Å². The number of amides is 3. The van der Waals surface area contributed by atoms with Crippen molar-refractivity contribution >= 4 is 11.9 Å². The Bertz CT molecular complexity index is 988. The monoisotopic (exact) mass is 421 g/mol. The number of aromatic nitrogens is 2. The first-order chi connectivity index (χ1) is 15.1. The topological polar surface area (TPSA) is 78.9 Å². The Balaban J connectivity index is 1.32. The van der Waals surface area contributed by atoms with Crippen molar-refractivity contribution in [3.8, 4) is 11.4 Å². The van der Waals surface area contributed by atoms with E-state index in [-0.39, 0.29) is 18.5 Å². The van der Waals surface area contributed by atoms with Crippen LogP contribution in [-0.4, -0.2) is 83.0 Å². The molecule has 3 amide bonds. The molecule has 3 aliphatic rings.